The minimum Gasteiger partial charge on any atom is -0.478 e. The highest BCUT2D eigenvalue weighted by Gasteiger charge is 2.18. The van der Waals surface area contributed by atoms with E-state index in [1.165, 1.54) is 0 Å². The van der Waals surface area contributed by atoms with Crippen molar-refractivity contribution in [3.8, 4) is 5.69 Å². The van der Waals surface area contributed by atoms with Crippen LogP contribution in [0.3, 0.4) is 0 Å². The van der Waals surface area contributed by atoms with Crippen molar-refractivity contribution in [3.63, 3.8) is 0 Å². The molecule has 0 atom stereocenters. The highest BCUT2D eigenvalue weighted by Crippen LogP contribution is 2.37. The van der Waals surface area contributed by atoms with Crippen LogP contribution >= 0.6 is 11.8 Å². The molecule has 0 fully saturated rings. The van der Waals surface area contributed by atoms with Gasteiger partial charge in [0.25, 0.3) is 5.91 Å². The number of hydrogen-bond donors (Lipinski definition) is 1. The molecule has 0 bridgehead atoms. The summed E-state index contributed by atoms with van der Waals surface area (Å²) in [5, 5.41) is 15.7. The summed E-state index contributed by atoms with van der Waals surface area (Å²) in [5.41, 5.74) is 4.71. The van der Waals surface area contributed by atoms with Gasteiger partial charge >= 0.3 is 5.97 Å². The molecule has 7 heteroatoms. The van der Waals surface area contributed by atoms with E-state index in [1.807, 2.05) is 18.2 Å². The van der Waals surface area contributed by atoms with Crippen molar-refractivity contribution in [1.29, 1.82) is 0 Å². The maximum absolute atomic E-state index is 12.6. The molecule has 1 heterocycles. The molecule has 0 aliphatic heterocycles. The Morgan fingerprint density at radius 1 is 0.938 bits per heavy atom. The average molecular weight is 446 g/mol. The van der Waals surface area contributed by atoms with Gasteiger partial charge in [-0.25, -0.2) is 9.48 Å². The lowest BCUT2D eigenvalue weighted by Gasteiger charge is -2.10. The van der Waals surface area contributed by atoms with Gasteiger partial charge < -0.3 is 10.0 Å². The molecule has 0 radical (unpaired) electrons. The molecular formula is C25H23N3O3S. The number of fused-ring (bicyclic) bond motifs is 1. The summed E-state index contributed by atoms with van der Waals surface area (Å²) in [5.74, 6) is -1.05. The second-order valence-electron chi connectivity index (χ2n) is 7.82. The highest BCUT2D eigenvalue weighted by atomic mass is 32.2. The molecule has 1 aromatic heterocycles. The number of rotatable bonds is 5. The third-order valence-electron chi connectivity index (χ3n) is 5.27. The number of amides is 1. The lowest BCUT2D eigenvalue weighted by molar-refractivity contribution is 0.0696. The Hall–Kier alpha value is -3.58. The Morgan fingerprint density at radius 3 is 2.16 bits per heavy atom. The summed E-state index contributed by atoms with van der Waals surface area (Å²) in [6.07, 6.45) is 0. The number of aromatic nitrogens is 2. The number of nitrogens with zero attached hydrogens (tertiary/aromatic N) is 3. The van der Waals surface area contributed by atoms with Gasteiger partial charge in [-0.05, 0) is 67.4 Å². The number of aryl methyl sites for hydroxylation is 2. The molecule has 162 valence electrons. The van der Waals surface area contributed by atoms with Crippen molar-refractivity contribution >= 4 is 34.5 Å². The Morgan fingerprint density at radius 2 is 1.56 bits per heavy atom. The molecule has 6 nitrogen and oxygen atoms in total. The fourth-order valence-electron chi connectivity index (χ4n) is 3.56. The van der Waals surface area contributed by atoms with Crippen LogP contribution in [0, 0.1) is 13.8 Å². The van der Waals surface area contributed by atoms with E-state index in [-0.39, 0.29) is 11.5 Å². The van der Waals surface area contributed by atoms with E-state index in [1.54, 1.807) is 65.8 Å². The monoisotopic (exact) mass is 445 g/mol. The highest BCUT2D eigenvalue weighted by molar-refractivity contribution is 7.99. The first-order valence-electron chi connectivity index (χ1n) is 10.1. The van der Waals surface area contributed by atoms with Gasteiger partial charge in [-0.3, -0.25) is 4.79 Å². The van der Waals surface area contributed by atoms with E-state index in [0.717, 1.165) is 37.6 Å². The summed E-state index contributed by atoms with van der Waals surface area (Å²) < 4.78 is 1.79. The molecule has 0 unspecified atom stereocenters. The first-order chi connectivity index (χ1) is 15.3. The molecule has 1 N–H and O–H groups in total. The second-order valence-corrected chi connectivity index (χ2v) is 8.82. The molecule has 32 heavy (non-hydrogen) atoms. The molecule has 1 amide bonds. The maximum atomic E-state index is 12.6. The van der Waals surface area contributed by atoms with E-state index in [2.05, 4.69) is 26.0 Å². The summed E-state index contributed by atoms with van der Waals surface area (Å²) in [4.78, 5) is 26.5. The number of carbonyl (C=O) groups excluding carboxylic acids is 1. The third-order valence-corrected chi connectivity index (χ3v) is 6.61. The van der Waals surface area contributed by atoms with Crippen LogP contribution in [0.4, 0.5) is 0 Å². The molecule has 0 spiro atoms. The number of carbonyl (C=O) groups is 2. The van der Waals surface area contributed by atoms with Gasteiger partial charge in [0.05, 0.1) is 16.8 Å². The van der Waals surface area contributed by atoms with Crippen molar-refractivity contribution in [2.45, 2.75) is 23.8 Å². The molecular weight excluding hydrogens is 422 g/mol. The van der Waals surface area contributed by atoms with Gasteiger partial charge in [0, 0.05) is 29.9 Å². The van der Waals surface area contributed by atoms with E-state index < -0.39 is 5.97 Å². The largest absolute Gasteiger partial charge is 0.478 e. The Labute approximate surface area is 190 Å². The molecule has 4 aromatic rings. The predicted molar refractivity (Wildman–Crippen MR) is 126 cm³/mol. The Bertz CT molecular complexity index is 1320. The van der Waals surface area contributed by atoms with Crippen LogP contribution in [0.2, 0.25) is 0 Å². The molecule has 0 saturated carbocycles. The number of carboxylic acid groups (broad SMARTS) is 1. The molecule has 4 rings (SSSR count). The van der Waals surface area contributed by atoms with Gasteiger partial charge in [-0.1, -0.05) is 30.0 Å². The summed E-state index contributed by atoms with van der Waals surface area (Å²) >= 11 is 1.57. The molecule has 3 aromatic carbocycles. The number of benzene rings is 3. The van der Waals surface area contributed by atoms with Gasteiger partial charge in [0.15, 0.2) is 0 Å². The lowest BCUT2D eigenvalue weighted by atomic mass is 10.1. The van der Waals surface area contributed by atoms with Gasteiger partial charge in [0.1, 0.15) is 5.03 Å². The first-order valence-corrected chi connectivity index (χ1v) is 10.9. The number of hydrogen-bond acceptors (Lipinski definition) is 4. The van der Waals surface area contributed by atoms with Crippen molar-refractivity contribution in [3.05, 3.63) is 82.9 Å². The van der Waals surface area contributed by atoms with Crippen LogP contribution in [-0.2, 0) is 0 Å². The summed E-state index contributed by atoms with van der Waals surface area (Å²) in [6, 6.07) is 18.3. The van der Waals surface area contributed by atoms with Crippen LogP contribution in [0.1, 0.15) is 31.8 Å². The third kappa shape index (κ3) is 3.99. The Balaban J connectivity index is 1.89. The lowest BCUT2D eigenvalue weighted by Crippen LogP contribution is -2.21. The van der Waals surface area contributed by atoms with Crippen LogP contribution in [0.5, 0.6) is 0 Å². The summed E-state index contributed by atoms with van der Waals surface area (Å²) in [7, 11) is 3.46. The van der Waals surface area contributed by atoms with E-state index in [0.29, 0.717) is 5.56 Å². The SMILES string of the molecule is Cc1cccc(C)c1Sc1nn(-c2ccc(C(=O)O)cc2)c2ccc(C(=O)N(C)C)cc12. The number of aromatic carboxylic acids is 1. The van der Waals surface area contributed by atoms with Crippen LogP contribution in [0.25, 0.3) is 16.6 Å². The molecule has 0 saturated heterocycles. The van der Waals surface area contributed by atoms with E-state index in [9.17, 15) is 14.7 Å². The van der Waals surface area contributed by atoms with Crippen molar-refractivity contribution in [1.82, 2.24) is 14.7 Å². The fraction of sp³-hybridized carbons (Fsp3) is 0.160. The predicted octanol–water partition coefficient (Wildman–Crippen LogP) is 5.19. The molecule has 0 aliphatic carbocycles. The zero-order valence-corrected chi connectivity index (χ0v) is 19.1. The first kappa shape index (κ1) is 21.6. The van der Waals surface area contributed by atoms with Gasteiger partial charge in [-0.15, -0.1) is 0 Å². The summed E-state index contributed by atoms with van der Waals surface area (Å²) in [6.45, 7) is 4.14. The average Bonchev–Trinajstić information content (AvgIpc) is 3.13. The van der Waals surface area contributed by atoms with Gasteiger partial charge in [-0.2, -0.15) is 5.10 Å². The van der Waals surface area contributed by atoms with E-state index in [4.69, 9.17) is 5.10 Å². The Kier molecular flexibility index (Phi) is 5.76. The van der Waals surface area contributed by atoms with E-state index >= 15 is 0 Å². The maximum Gasteiger partial charge on any atom is 0.335 e. The van der Waals surface area contributed by atoms with Crippen molar-refractivity contribution in [2.75, 3.05) is 14.1 Å². The minimum absolute atomic E-state index is 0.0755. The van der Waals surface area contributed by atoms with Crippen LogP contribution in [-0.4, -0.2) is 45.8 Å². The molecule has 0 aliphatic rings. The van der Waals surface area contributed by atoms with Gasteiger partial charge in [0.2, 0.25) is 0 Å². The quantitative estimate of drug-likeness (QED) is 0.457. The van der Waals surface area contributed by atoms with Crippen molar-refractivity contribution < 1.29 is 14.7 Å². The number of carboxylic acids is 1. The zero-order valence-electron chi connectivity index (χ0n) is 18.3. The fourth-order valence-corrected chi connectivity index (χ4v) is 4.60. The standard InChI is InChI=1S/C25H23N3O3S/c1-15-6-5-7-16(2)22(15)32-23-20-14-18(24(29)27(3)4)10-13-21(20)28(26-23)19-11-8-17(9-12-19)25(30)31/h5-14H,1-4H3,(H,30,31). The topological polar surface area (TPSA) is 75.4 Å². The minimum atomic E-state index is -0.972. The second kappa shape index (κ2) is 8.51. The van der Waals surface area contributed by atoms with Crippen molar-refractivity contribution in [2.24, 2.45) is 0 Å². The smallest absolute Gasteiger partial charge is 0.335 e. The normalized spacial score (nSPS) is 11.0. The van der Waals surface area contributed by atoms with Crippen LogP contribution < -0.4 is 0 Å². The van der Waals surface area contributed by atoms with Crippen LogP contribution in [0.15, 0.2) is 70.6 Å². The zero-order chi connectivity index (χ0) is 23.0.